The number of carboxylic acid groups (broad SMARTS) is 1. The van der Waals surface area contributed by atoms with E-state index in [9.17, 15) is 19.8 Å². The Kier molecular flexibility index (Phi) is 6.36. The predicted octanol–water partition coefficient (Wildman–Crippen LogP) is 6.74. The van der Waals surface area contributed by atoms with Crippen LogP contribution in [-0.4, -0.2) is 28.1 Å². The third kappa shape index (κ3) is 3.64. The molecule has 0 radical (unpaired) electrons. The SMILES string of the molecule is C=C(CC[C@@H](C(=O)O)[C@H]1[C@H](O)C[C@@]2(C)C3=CC[C@@H]4C(C)(C)C(=O)CC[C@]4(C)C3=CC[C@]12C)C(C)C. The number of fused-ring (bicyclic) bond motifs is 5. The van der Waals surface area contributed by atoms with Gasteiger partial charge in [0.05, 0.1) is 12.0 Å². The van der Waals surface area contributed by atoms with E-state index in [-0.39, 0.29) is 33.5 Å². The van der Waals surface area contributed by atoms with E-state index in [1.807, 2.05) is 0 Å². The van der Waals surface area contributed by atoms with Crippen molar-refractivity contribution in [3.8, 4) is 0 Å². The van der Waals surface area contributed by atoms with Crippen LogP contribution in [0.15, 0.2) is 35.5 Å². The predicted molar refractivity (Wildman–Crippen MR) is 140 cm³/mol. The van der Waals surface area contributed by atoms with Gasteiger partial charge in [0.2, 0.25) is 0 Å². The summed E-state index contributed by atoms with van der Waals surface area (Å²) in [5.41, 5.74) is 2.72. The first-order valence-electron chi connectivity index (χ1n) is 13.6. The summed E-state index contributed by atoms with van der Waals surface area (Å²) in [6, 6.07) is 0. The highest BCUT2D eigenvalue weighted by molar-refractivity contribution is 5.86. The number of carbonyl (C=O) groups excluding carboxylic acids is 1. The van der Waals surface area contributed by atoms with Gasteiger partial charge in [0.1, 0.15) is 5.78 Å². The van der Waals surface area contributed by atoms with Crippen molar-refractivity contribution in [2.24, 2.45) is 45.3 Å². The molecule has 2 N–H and O–H groups in total. The van der Waals surface area contributed by atoms with Gasteiger partial charge in [-0.2, -0.15) is 0 Å². The summed E-state index contributed by atoms with van der Waals surface area (Å²) in [6.45, 7) is 19.4. The van der Waals surface area contributed by atoms with Crippen LogP contribution in [0.5, 0.6) is 0 Å². The molecule has 194 valence electrons. The fourth-order valence-electron chi connectivity index (χ4n) is 8.72. The second-order valence-electron chi connectivity index (χ2n) is 13.6. The topological polar surface area (TPSA) is 74.6 Å². The Hall–Kier alpha value is -1.68. The lowest BCUT2D eigenvalue weighted by Gasteiger charge is -2.59. The average molecular weight is 483 g/mol. The van der Waals surface area contributed by atoms with E-state index in [0.29, 0.717) is 37.4 Å². The molecule has 0 aliphatic heterocycles. The number of aliphatic hydroxyl groups is 1. The minimum atomic E-state index is -0.803. The second kappa shape index (κ2) is 8.43. The molecular weight excluding hydrogens is 436 g/mol. The lowest BCUT2D eigenvalue weighted by atomic mass is 9.44. The smallest absolute Gasteiger partial charge is 0.306 e. The third-order valence-corrected chi connectivity index (χ3v) is 11.4. The number of hydrogen-bond acceptors (Lipinski definition) is 3. The van der Waals surface area contributed by atoms with Gasteiger partial charge in [-0.15, -0.1) is 0 Å². The van der Waals surface area contributed by atoms with Gasteiger partial charge in [0.25, 0.3) is 0 Å². The molecule has 0 heterocycles. The average Bonchev–Trinajstić information content (AvgIpc) is 2.97. The van der Waals surface area contributed by atoms with Crippen LogP contribution < -0.4 is 0 Å². The molecule has 0 aromatic heterocycles. The van der Waals surface area contributed by atoms with Crippen LogP contribution in [0.1, 0.15) is 93.4 Å². The van der Waals surface area contributed by atoms with E-state index in [4.69, 9.17) is 0 Å². The molecule has 0 aromatic carbocycles. The summed E-state index contributed by atoms with van der Waals surface area (Å²) in [7, 11) is 0. The first kappa shape index (κ1) is 26.4. The van der Waals surface area contributed by atoms with Crippen molar-refractivity contribution in [1.82, 2.24) is 0 Å². The Labute approximate surface area is 212 Å². The molecule has 0 amide bonds. The van der Waals surface area contributed by atoms with E-state index < -0.39 is 18.0 Å². The van der Waals surface area contributed by atoms with Crippen molar-refractivity contribution >= 4 is 11.8 Å². The first-order chi connectivity index (χ1) is 16.1. The second-order valence-corrected chi connectivity index (χ2v) is 13.6. The van der Waals surface area contributed by atoms with Crippen LogP contribution in [0.25, 0.3) is 0 Å². The Morgan fingerprint density at radius 1 is 1.14 bits per heavy atom. The van der Waals surface area contributed by atoms with Crippen molar-refractivity contribution in [1.29, 1.82) is 0 Å². The number of rotatable bonds is 6. The molecule has 0 aromatic rings. The van der Waals surface area contributed by atoms with Gasteiger partial charge < -0.3 is 10.2 Å². The molecule has 0 spiro atoms. The lowest BCUT2D eigenvalue weighted by Crippen LogP contribution is -2.53. The maximum atomic E-state index is 12.8. The molecule has 2 fully saturated rings. The zero-order valence-electron chi connectivity index (χ0n) is 22.9. The number of ketones is 1. The van der Waals surface area contributed by atoms with Gasteiger partial charge in [-0.1, -0.05) is 72.8 Å². The summed E-state index contributed by atoms with van der Waals surface area (Å²) in [5.74, 6) is -0.739. The summed E-state index contributed by atoms with van der Waals surface area (Å²) in [5, 5.41) is 21.8. The minimum Gasteiger partial charge on any atom is -0.481 e. The minimum absolute atomic E-state index is 0.0594. The number of Topliss-reactive ketones (excluding diaryl/α,β-unsaturated/α-hetero) is 1. The molecule has 4 nitrogen and oxygen atoms in total. The van der Waals surface area contributed by atoms with Crippen LogP contribution in [-0.2, 0) is 9.59 Å². The maximum absolute atomic E-state index is 12.8. The van der Waals surface area contributed by atoms with Crippen LogP contribution in [0.4, 0.5) is 0 Å². The number of carbonyl (C=O) groups is 2. The van der Waals surface area contributed by atoms with Crippen molar-refractivity contribution in [3.63, 3.8) is 0 Å². The molecular formula is C31H46O4. The molecule has 4 aliphatic rings. The Morgan fingerprint density at radius 3 is 2.40 bits per heavy atom. The molecule has 0 unspecified atom stereocenters. The molecule has 4 rings (SSSR count). The first-order valence-corrected chi connectivity index (χ1v) is 13.6. The van der Waals surface area contributed by atoms with E-state index in [0.717, 1.165) is 24.8 Å². The van der Waals surface area contributed by atoms with Gasteiger partial charge in [-0.05, 0) is 72.3 Å². The van der Waals surface area contributed by atoms with Gasteiger partial charge in [-0.3, -0.25) is 9.59 Å². The number of aliphatic hydroxyl groups excluding tert-OH is 1. The molecule has 2 saturated carbocycles. The van der Waals surface area contributed by atoms with Crippen LogP contribution in [0.2, 0.25) is 0 Å². The zero-order chi connectivity index (χ0) is 26.1. The molecule has 7 atom stereocenters. The van der Waals surface area contributed by atoms with Gasteiger partial charge in [-0.25, -0.2) is 0 Å². The van der Waals surface area contributed by atoms with Crippen molar-refractivity contribution in [3.05, 3.63) is 35.5 Å². The van der Waals surface area contributed by atoms with Crippen molar-refractivity contribution in [2.75, 3.05) is 0 Å². The number of hydrogen-bond donors (Lipinski definition) is 2. The molecule has 0 bridgehead atoms. The largest absolute Gasteiger partial charge is 0.481 e. The molecule has 0 saturated heterocycles. The Balaban J connectivity index is 1.73. The van der Waals surface area contributed by atoms with Gasteiger partial charge in [0, 0.05) is 23.2 Å². The molecule has 4 heteroatoms. The highest BCUT2D eigenvalue weighted by Crippen LogP contribution is 2.71. The molecule has 4 aliphatic carbocycles. The summed E-state index contributed by atoms with van der Waals surface area (Å²) >= 11 is 0. The number of aliphatic carboxylic acids is 1. The Bertz CT molecular complexity index is 999. The monoisotopic (exact) mass is 482 g/mol. The van der Waals surface area contributed by atoms with Crippen molar-refractivity contribution < 1.29 is 19.8 Å². The van der Waals surface area contributed by atoms with Gasteiger partial charge >= 0.3 is 5.97 Å². The normalized spacial score (nSPS) is 40.8. The fourth-order valence-corrected chi connectivity index (χ4v) is 8.72. The van der Waals surface area contributed by atoms with E-state index in [1.165, 1.54) is 11.1 Å². The highest BCUT2D eigenvalue weighted by atomic mass is 16.4. The van der Waals surface area contributed by atoms with Crippen LogP contribution >= 0.6 is 0 Å². The van der Waals surface area contributed by atoms with E-state index in [1.54, 1.807) is 0 Å². The van der Waals surface area contributed by atoms with E-state index in [2.05, 4.69) is 67.2 Å². The zero-order valence-corrected chi connectivity index (χ0v) is 22.9. The van der Waals surface area contributed by atoms with Crippen LogP contribution in [0.3, 0.4) is 0 Å². The van der Waals surface area contributed by atoms with Crippen molar-refractivity contribution in [2.45, 2.75) is 99.5 Å². The summed E-state index contributed by atoms with van der Waals surface area (Å²) in [6.07, 6.45) is 8.97. The highest BCUT2D eigenvalue weighted by Gasteiger charge is 2.66. The van der Waals surface area contributed by atoms with Gasteiger partial charge in [0.15, 0.2) is 0 Å². The summed E-state index contributed by atoms with van der Waals surface area (Å²) < 4.78 is 0. The fraction of sp³-hybridized carbons (Fsp3) is 0.742. The summed E-state index contributed by atoms with van der Waals surface area (Å²) in [4.78, 5) is 25.4. The van der Waals surface area contributed by atoms with Crippen LogP contribution in [0, 0.1) is 45.3 Å². The van der Waals surface area contributed by atoms with E-state index >= 15 is 0 Å². The number of allylic oxidation sites excluding steroid dienone is 5. The maximum Gasteiger partial charge on any atom is 0.306 e. The number of carboxylic acids is 1. The standard InChI is InChI=1S/C31H46O4/c1-18(2)19(3)9-10-20(27(34)35)26-23(32)17-31(8)22-11-12-24-28(4,5)25(33)14-15-29(24,6)21(22)13-16-30(26,31)7/h11,13,18,20,23-24,26,32H,3,9-10,12,14-17H2,1-2,4-8H3,(H,34,35)/t20-,23-,24-,26+,29-,30-,31+/m1/s1. The lowest BCUT2D eigenvalue weighted by molar-refractivity contribution is -0.148. The molecule has 35 heavy (non-hydrogen) atoms. The third-order valence-electron chi connectivity index (χ3n) is 11.4. The quantitative estimate of drug-likeness (QED) is 0.411. The Morgan fingerprint density at radius 2 is 1.80 bits per heavy atom.